The van der Waals surface area contributed by atoms with Crippen molar-refractivity contribution in [1.29, 1.82) is 5.41 Å². The molecule has 0 radical (unpaired) electrons. The lowest BCUT2D eigenvalue weighted by atomic mass is 9.84. The second-order valence-electron chi connectivity index (χ2n) is 9.33. The van der Waals surface area contributed by atoms with Gasteiger partial charge in [-0.05, 0) is 67.8 Å². The molecule has 1 saturated heterocycles. The van der Waals surface area contributed by atoms with E-state index in [1.807, 2.05) is 49.4 Å². The van der Waals surface area contributed by atoms with Crippen molar-refractivity contribution in [2.24, 2.45) is 5.92 Å². The number of halogens is 1. The standard InChI is InChI=1S/C28H27FN4O2/c1-28(20-5-3-2-4-6-20)25(32-27(35)18-7-8-18)16-26(34)33(28)23-13-14-24(19(15-23)17-30)31-22-11-9-21(29)10-12-22/h2-6,9-15,17-18,25,30-31H,7-8,16H2,1H3,(H,32,35). The van der Waals surface area contributed by atoms with E-state index in [0.29, 0.717) is 22.6 Å². The summed E-state index contributed by atoms with van der Waals surface area (Å²) in [6.07, 6.45) is 3.20. The number of carbonyl (C=O) groups is 2. The van der Waals surface area contributed by atoms with Crippen molar-refractivity contribution in [3.05, 3.63) is 89.7 Å². The predicted molar refractivity (Wildman–Crippen MR) is 135 cm³/mol. The summed E-state index contributed by atoms with van der Waals surface area (Å²) in [5.74, 6) is -0.367. The molecule has 1 heterocycles. The highest BCUT2D eigenvalue weighted by atomic mass is 19.1. The molecule has 6 nitrogen and oxygen atoms in total. The molecule has 2 aliphatic rings. The van der Waals surface area contributed by atoms with Gasteiger partial charge >= 0.3 is 0 Å². The molecule has 0 aromatic heterocycles. The molecule has 5 rings (SSSR count). The van der Waals surface area contributed by atoms with E-state index in [1.165, 1.54) is 18.3 Å². The first-order valence-electron chi connectivity index (χ1n) is 11.8. The van der Waals surface area contributed by atoms with Crippen LogP contribution in [0.3, 0.4) is 0 Å². The van der Waals surface area contributed by atoms with E-state index >= 15 is 0 Å². The van der Waals surface area contributed by atoms with E-state index in [-0.39, 0.29) is 36.0 Å². The quantitative estimate of drug-likeness (QED) is 0.419. The van der Waals surface area contributed by atoms with Gasteiger partial charge in [0.15, 0.2) is 0 Å². The Morgan fingerprint density at radius 3 is 2.46 bits per heavy atom. The molecule has 2 atom stereocenters. The Labute approximate surface area is 203 Å². The summed E-state index contributed by atoms with van der Waals surface area (Å²) in [5, 5.41) is 14.3. The molecule has 35 heavy (non-hydrogen) atoms. The zero-order chi connectivity index (χ0) is 24.6. The fraction of sp³-hybridized carbons (Fsp3) is 0.250. The molecule has 3 aromatic carbocycles. The molecule has 0 spiro atoms. The van der Waals surface area contributed by atoms with E-state index in [2.05, 4.69) is 10.6 Å². The van der Waals surface area contributed by atoms with Gasteiger partial charge in [0.1, 0.15) is 5.82 Å². The highest BCUT2D eigenvalue weighted by Crippen LogP contribution is 2.44. The summed E-state index contributed by atoms with van der Waals surface area (Å²) in [6, 6.07) is 20.8. The van der Waals surface area contributed by atoms with Gasteiger partial charge in [-0.25, -0.2) is 4.39 Å². The molecule has 0 bridgehead atoms. The maximum Gasteiger partial charge on any atom is 0.230 e. The van der Waals surface area contributed by atoms with Gasteiger partial charge in [-0.1, -0.05) is 30.3 Å². The SMILES string of the molecule is CC1(c2ccccc2)C(NC(=O)C2CC2)CC(=O)N1c1ccc(Nc2ccc(F)cc2)c(C=N)c1. The van der Waals surface area contributed by atoms with Crippen LogP contribution in [0, 0.1) is 17.1 Å². The van der Waals surface area contributed by atoms with Crippen molar-refractivity contribution in [3.63, 3.8) is 0 Å². The van der Waals surface area contributed by atoms with Crippen molar-refractivity contribution >= 4 is 35.1 Å². The van der Waals surface area contributed by atoms with Gasteiger partial charge in [0.2, 0.25) is 11.8 Å². The van der Waals surface area contributed by atoms with Crippen LogP contribution in [-0.2, 0) is 15.1 Å². The number of hydrogen-bond donors (Lipinski definition) is 3. The lowest BCUT2D eigenvalue weighted by Gasteiger charge is -2.40. The first-order chi connectivity index (χ1) is 16.9. The molecule has 3 N–H and O–H groups in total. The van der Waals surface area contributed by atoms with Crippen LogP contribution < -0.4 is 15.5 Å². The van der Waals surface area contributed by atoms with Gasteiger partial charge in [0, 0.05) is 34.8 Å². The van der Waals surface area contributed by atoms with E-state index in [0.717, 1.165) is 18.4 Å². The number of rotatable bonds is 7. The van der Waals surface area contributed by atoms with Gasteiger partial charge in [0.25, 0.3) is 0 Å². The van der Waals surface area contributed by atoms with Crippen LogP contribution in [0.25, 0.3) is 0 Å². The molecule has 1 saturated carbocycles. The van der Waals surface area contributed by atoms with Crippen molar-refractivity contribution < 1.29 is 14.0 Å². The minimum absolute atomic E-state index is 0.00540. The van der Waals surface area contributed by atoms with Gasteiger partial charge in [0.05, 0.1) is 18.0 Å². The van der Waals surface area contributed by atoms with Crippen LogP contribution in [0.5, 0.6) is 0 Å². The number of nitrogens with zero attached hydrogens (tertiary/aromatic N) is 1. The summed E-state index contributed by atoms with van der Waals surface area (Å²) in [5.41, 5.74) is 2.72. The molecule has 178 valence electrons. The summed E-state index contributed by atoms with van der Waals surface area (Å²) in [7, 11) is 0. The molecular weight excluding hydrogens is 443 g/mol. The summed E-state index contributed by atoms with van der Waals surface area (Å²) in [6.45, 7) is 1.99. The van der Waals surface area contributed by atoms with Gasteiger partial charge in [-0.15, -0.1) is 0 Å². The fourth-order valence-corrected chi connectivity index (χ4v) is 4.84. The number of amides is 2. The predicted octanol–water partition coefficient (Wildman–Crippen LogP) is 5.11. The van der Waals surface area contributed by atoms with Crippen LogP contribution in [0.1, 0.15) is 37.3 Å². The molecular formula is C28H27FN4O2. The Morgan fingerprint density at radius 1 is 1.09 bits per heavy atom. The fourth-order valence-electron chi connectivity index (χ4n) is 4.84. The minimum atomic E-state index is -0.798. The van der Waals surface area contributed by atoms with E-state index in [4.69, 9.17) is 5.41 Å². The monoisotopic (exact) mass is 470 g/mol. The third-order valence-electron chi connectivity index (χ3n) is 6.97. The number of nitrogens with one attached hydrogen (secondary N) is 3. The number of carbonyl (C=O) groups excluding carboxylic acids is 2. The van der Waals surface area contributed by atoms with E-state index < -0.39 is 5.54 Å². The zero-order valence-electron chi connectivity index (χ0n) is 19.4. The van der Waals surface area contributed by atoms with Crippen molar-refractivity contribution in [1.82, 2.24) is 5.32 Å². The van der Waals surface area contributed by atoms with E-state index in [1.54, 1.807) is 23.1 Å². The van der Waals surface area contributed by atoms with Gasteiger partial charge in [-0.3, -0.25) is 9.59 Å². The summed E-state index contributed by atoms with van der Waals surface area (Å²) < 4.78 is 13.3. The smallest absolute Gasteiger partial charge is 0.230 e. The zero-order valence-corrected chi connectivity index (χ0v) is 19.4. The van der Waals surface area contributed by atoms with Crippen LogP contribution >= 0.6 is 0 Å². The van der Waals surface area contributed by atoms with Crippen LogP contribution in [0.4, 0.5) is 21.5 Å². The summed E-state index contributed by atoms with van der Waals surface area (Å²) >= 11 is 0. The minimum Gasteiger partial charge on any atom is -0.355 e. The summed E-state index contributed by atoms with van der Waals surface area (Å²) in [4.78, 5) is 27.8. The first kappa shape index (κ1) is 22.8. The van der Waals surface area contributed by atoms with Crippen LogP contribution in [0.2, 0.25) is 0 Å². The van der Waals surface area contributed by atoms with Gasteiger partial charge in [-0.2, -0.15) is 0 Å². The maximum atomic E-state index is 13.4. The molecule has 3 aromatic rings. The Morgan fingerprint density at radius 2 is 1.80 bits per heavy atom. The molecule has 2 unspecified atom stereocenters. The molecule has 1 aliphatic carbocycles. The average molecular weight is 471 g/mol. The number of hydrogen-bond acceptors (Lipinski definition) is 4. The third-order valence-corrected chi connectivity index (χ3v) is 6.97. The highest BCUT2D eigenvalue weighted by Gasteiger charge is 2.52. The molecule has 7 heteroatoms. The number of benzene rings is 3. The second-order valence-corrected chi connectivity index (χ2v) is 9.33. The Hall–Kier alpha value is -4.00. The molecule has 2 fully saturated rings. The topological polar surface area (TPSA) is 85.3 Å². The highest BCUT2D eigenvalue weighted by molar-refractivity contribution is 6.01. The third kappa shape index (κ3) is 4.30. The van der Waals surface area contributed by atoms with Crippen LogP contribution in [0.15, 0.2) is 72.8 Å². The van der Waals surface area contributed by atoms with Crippen molar-refractivity contribution in [2.45, 2.75) is 37.8 Å². The average Bonchev–Trinajstić information content (AvgIpc) is 3.68. The lowest BCUT2D eigenvalue weighted by molar-refractivity contribution is -0.123. The van der Waals surface area contributed by atoms with Crippen molar-refractivity contribution in [2.75, 3.05) is 10.2 Å². The van der Waals surface area contributed by atoms with Crippen molar-refractivity contribution in [3.8, 4) is 0 Å². The first-order valence-corrected chi connectivity index (χ1v) is 11.8. The Bertz CT molecular complexity index is 1270. The van der Waals surface area contributed by atoms with E-state index in [9.17, 15) is 14.0 Å². The largest absolute Gasteiger partial charge is 0.355 e. The normalized spacial score (nSPS) is 21.6. The van der Waals surface area contributed by atoms with Gasteiger partial charge < -0.3 is 20.9 Å². The Balaban J connectivity index is 1.52. The number of anilines is 3. The maximum absolute atomic E-state index is 13.4. The molecule has 2 amide bonds. The molecule has 1 aliphatic heterocycles. The Kier molecular flexibility index (Phi) is 5.84. The lowest BCUT2D eigenvalue weighted by Crippen LogP contribution is -2.53. The second kappa shape index (κ2) is 8.98. The van der Waals surface area contributed by atoms with Crippen LogP contribution in [-0.4, -0.2) is 24.1 Å².